The van der Waals surface area contributed by atoms with Crippen molar-refractivity contribution in [3.63, 3.8) is 0 Å². The Morgan fingerprint density at radius 1 is 1.03 bits per heavy atom. The van der Waals surface area contributed by atoms with Crippen LogP contribution in [0.2, 0.25) is 0 Å². The molecule has 0 radical (unpaired) electrons. The first-order chi connectivity index (χ1) is 16.5. The first kappa shape index (κ1) is 22.6. The predicted molar refractivity (Wildman–Crippen MR) is 141 cm³/mol. The molecule has 0 aliphatic heterocycles. The van der Waals surface area contributed by atoms with E-state index in [9.17, 15) is 4.79 Å². The van der Waals surface area contributed by atoms with Crippen molar-refractivity contribution < 1.29 is 9.53 Å². The highest BCUT2D eigenvalue weighted by molar-refractivity contribution is 7.20. The van der Waals surface area contributed by atoms with Crippen LogP contribution in [0.4, 0.5) is 5.69 Å². The number of anilines is 1. The first-order valence-electron chi connectivity index (χ1n) is 11.8. The third-order valence-electron chi connectivity index (χ3n) is 6.40. The van der Waals surface area contributed by atoms with Gasteiger partial charge in [0.25, 0.3) is 5.91 Å². The van der Waals surface area contributed by atoms with Crippen molar-refractivity contribution in [3.8, 4) is 5.75 Å². The smallest absolute Gasteiger partial charge is 0.265 e. The second-order valence-corrected chi connectivity index (χ2v) is 10.5. The molecule has 174 valence electrons. The lowest BCUT2D eigenvalue weighted by Crippen LogP contribution is -2.26. The van der Waals surface area contributed by atoms with Crippen LogP contribution in [0.5, 0.6) is 5.75 Å². The van der Waals surface area contributed by atoms with Crippen molar-refractivity contribution in [2.45, 2.75) is 25.9 Å². The zero-order valence-electron chi connectivity index (χ0n) is 19.7. The molecule has 4 nitrogen and oxygen atoms in total. The quantitative estimate of drug-likeness (QED) is 0.340. The van der Waals surface area contributed by atoms with Gasteiger partial charge in [-0.25, -0.2) is 0 Å². The number of aryl methyl sites for hydroxylation is 1. The minimum Gasteiger partial charge on any atom is -0.489 e. The number of nitrogens with zero attached hydrogens (tertiary/aromatic N) is 1. The van der Waals surface area contributed by atoms with Crippen LogP contribution in [-0.4, -0.2) is 31.4 Å². The summed E-state index contributed by atoms with van der Waals surface area (Å²) >= 11 is 1.51. The summed E-state index contributed by atoms with van der Waals surface area (Å²) in [6.45, 7) is 1.66. The average Bonchev–Trinajstić information content (AvgIpc) is 3.28. The predicted octanol–water partition coefficient (Wildman–Crippen LogP) is 6.40. The van der Waals surface area contributed by atoms with Crippen LogP contribution in [0.25, 0.3) is 10.1 Å². The Balaban J connectivity index is 1.16. The first-order valence-corrected chi connectivity index (χ1v) is 12.6. The van der Waals surface area contributed by atoms with Gasteiger partial charge in [0.1, 0.15) is 12.4 Å². The summed E-state index contributed by atoms with van der Waals surface area (Å²) in [4.78, 5) is 15.6. The van der Waals surface area contributed by atoms with Gasteiger partial charge in [-0.3, -0.25) is 4.79 Å². The number of ether oxygens (including phenoxy) is 1. The number of thiophene rings is 1. The minimum absolute atomic E-state index is 0.0768. The number of nitrogens with one attached hydrogen (secondary N) is 1. The van der Waals surface area contributed by atoms with E-state index in [-0.39, 0.29) is 5.91 Å². The Labute approximate surface area is 205 Å². The molecule has 5 heteroatoms. The number of rotatable bonds is 7. The molecule has 1 aliphatic carbocycles. The van der Waals surface area contributed by atoms with Crippen LogP contribution in [0.3, 0.4) is 0 Å². The molecule has 34 heavy (non-hydrogen) atoms. The van der Waals surface area contributed by atoms with Gasteiger partial charge >= 0.3 is 0 Å². The van der Waals surface area contributed by atoms with Crippen LogP contribution >= 0.6 is 11.3 Å². The highest BCUT2D eigenvalue weighted by atomic mass is 32.1. The molecule has 0 saturated heterocycles. The van der Waals surface area contributed by atoms with E-state index < -0.39 is 0 Å². The monoisotopic (exact) mass is 470 g/mol. The summed E-state index contributed by atoms with van der Waals surface area (Å²) in [6.07, 6.45) is 3.52. The van der Waals surface area contributed by atoms with Gasteiger partial charge in [0.15, 0.2) is 0 Å². The van der Waals surface area contributed by atoms with Crippen molar-refractivity contribution in [2.24, 2.45) is 5.92 Å². The lowest BCUT2D eigenvalue weighted by molar-refractivity contribution is 0.103. The van der Waals surface area contributed by atoms with E-state index in [0.717, 1.165) is 52.4 Å². The van der Waals surface area contributed by atoms with E-state index in [1.54, 1.807) is 0 Å². The van der Waals surface area contributed by atoms with Gasteiger partial charge in [-0.1, -0.05) is 36.4 Å². The summed E-state index contributed by atoms with van der Waals surface area (Å²) in [6, 6.07) is 24.4. The second kappa shape index (κ2) is 10.00. The van der Waals surface area contributed by atoms with Crippen LogP contribution in [0.1, 0.15) is 32.8 Å². The van der Waals surface area contributed by atoms with E-state index >= 15 is 0 Å². The molecule has 1 amide bonds. The number of benzene rings is 3. The Morgan fingerprint density at radius 3 is 2.65 bits per heavy atom. The SMILES string of the molecule is CN(C)CC1CCc2cc(OCc3ccc(NC(=O)c4cc5ccccc5s4)cc3)ccc2C1. The summed E-state index contributed by atoms with van der Waals surface area (Å²) in [5, 5.41) is 4.10. The standard InChI is InChI=1S/C29H30N2O2S/c1-31(2)18-21-7-10-23-16-26(14-11-22(23)15-21)33-19-20-8-12-25(13-9-20)30-29(32)28-17-24-5-3-4-6-27(24)34-28/h3-6,8-9,11-14,16-17,21H,7,10,15,18-19H2,1-2H3,(H,30,32). The van der Waals surface area contributed by atoms with Gasteiger partial charge in [0, 0.05) is 16.9 Å². The molecule has 1 aliphatic rings. The van der Waals surface area contributed by atoms with E-state index in [4.69, 9.17) is 4.74 Å². The topological polar surface area (TPSA) is 41.6 Å². The molecular formula is C29H30N2O2S. The maximum Gasteiger partial charge on any atom is 0.265 e. The summed E-state index contributed by atoms with van der Waals surface area (Å²) in [7, 11) is 4.30. The van der Waals surface area contributed by atoms with E-state index in [1.165, 1.54) is 28.9 Å². The van der Waals surface area contributed by atoms with Crippen LogP contribution in [0.15, 0.2) is 72.8 Å². The maximum atomic E-state index is 12.6. The van der Waals surface area contributed by atoms with Gasteiger partial charge in [-0.2, -0.15) is 0 Å². The lowest BCUT2D eigenvalue weighted by atomic mass is 9.83. The molecule has 1 atom stereocenters. The molecule has 5 rings (SSSR count). The van der Waals surface area contributed by atoms with Crippen molar-refractivity contribution in [2.75, 3.05) is 26.0 Å². The molecule has 1 heterocycles. The van der Waals surface area contributed by atoms with Gasteiger partial charge in [0.05, 0.1) is 4.88 Å². The Morgan fingerprint density at radius 2 is 1.85 bits per heavy atom. The lowest BCUT2D eigenvalue weighted by Gasteiger charge is -2.27. The molecule has 0 spiro atoms. The van der Waals surface area contributed by atoms with Gasteiger partial charge in [-0.15, -0.1) is 11.3 Å². The zero-order chi connectivity index (χ0) is 23.5. The zero-order valence-corrected chi connectivity index (χ0v) is 20.5. The van der Waals surface area contributed by atoms with Crippen molar-refractivity contribution >= 4 is 33.0 Å². The Kier molecular flexibility index (Phi) is 6.66. The average molecular weight is 471 g/mol. The summed E-state index contributed by atoms with van der Waals surface area (Å²) in [5.41, 5.74) is 4.74. The molecule has 1 N–H and O–H groups in total. The van der Waals surface area contributed by atoms with Gasteiger partial charge in [0.2, 0.25) is 0 Å². The normalized spacial score (nSPS) is 15.3. The van der Waals surface area contributed by atoms with Crippen LogP contribution in [-0.2, 0) is 19.4 Å². The molecular weight excluding hydrogens is 440 g/mol. The number of hydrogen-bond donors (Lipinski definition) is 1. The van der Waals surface area contributed by atoms with Crippen LogP contribution < -0.4 is 10.1 Å². The third-order valence-corrected chi connectivity index (χ3v) is 7.51. The second-order valence-electron chi connectivity index (χ2n) is 9.39. The number of amides is 1. The molecule has 0 fully saturated rings. The van der Waals surface area contributed by atoms with Gasteiger partial charge in [-0.05, 0) is 97.8 Å². The fourth-order valence-corrected chi connectivity index (χ4v) is 5.66. The maximum absolute atomic E-state index is 12.6. The molecule has 3 aromatic carbocycles. The fraction of sp³-hybridized carbons (Fsp3) is 0.276. The van der Waals surface area contributed by atoms with Gasteiger partial charge < -0.3 is 15.0 Å². The van der Waals surface area contributed by atoms with E-state index in [0.29, 0.717) is 11.5 Å². The van der Waals surface area contributed by atoms with Crippen molar-refractivity contribution in [3.05, 3.63) is 94.4 Å². The molecule has 1 aromatic heterocycles. The van der Waals surface area contributed by atoms with E-state index in [2.05, 4.69) is 42.5 Å². The third kappa shape index (κ3) is 5.32. The molecule has 4 aromatic rings. The number of hydrogen-bond acceptors (Lipinski definition) is 4. The summed E-state index contributed by atoms with van der Waals surface area (Å²) < 4.78 is 7.20. The Hall–Kier alpha value is -3.15. The Bertz CT molecular complexity index is 1260. The minimum atomic E-state index is -0.0768. The highest BCUT2D eigenvalue weighted by Gasteiger charge is 2.19. The largest absolute Gasteiger partial charge is 0.489 e. The van der Waals surface area contributed by atoms with Crippen molar-refractivity contribution in [1.82, 2.24) is 4.90 Å². The number of carbonyl (C=O) groups is 1. The highest BCUT2D eigenvalue weighted by Crippen LogP contribution is 2.30. The number of fused-ring (bicyclic) bond motifs is 2. The number of carbonyl (C=O) groups excluding carboxylic acids is 1. The molecule has 0 bridgehead atoms. The molecule has 0 saturated carbocycles. The fourth-order valence-electron chi connectivity index (χ4n) is 4.71. The molecule has 1 unspecified atom stereocenters. The van der Waals surface area contributed by atoms with E-state index in [1.807, 2.05) is 54.6 Å². The summed E-state index contributed by atoms with van der Waals surface area (Å²) in [5.74, 6) is 1.59. The van der Waals surface area contributed by atoms with Crippen LogP contribution in [0, 0.1) is 5.92 Å². The van der Waals surface area contributed by atoms with Crippen molar-refractivity contribution in [1.29, 1.82) is 0 Å².